The molecule has 0 fully saturated rings. The van der Waals surface area contributed by atoms with Crippen molar-refractivity contribution in [1.29, 1.82) is 0 Å². The zero-order valence-electron chi connectivity index (χ0n) is 9.75. The predicted octanol–water partition coefficient (Wildman–Crippen LogP) is 4.76. The van der Waals surface area contributed by atoms with Gasteiger partial charge in [0.05, 0.1) is 11.2 Å². The minimum atomic E-state index is -1.06. The molecule has 102 valence electrons. The number of H-pyrrole nitrogens is 1. The summed E-state index contributed by atoms with van der Waals surface area (Å²) in [6, 6.07) is 6.02. The largest absolute Gasteiger partial charge is 0.330 e. The fraction of sp³-hybridized carbons (Fsp3) is 0. The fourth-order valence-corrected chi connectivity index (χ4v) is 2.57. The molecule has 0 spiro atoms. The van der Waals surface area contributed by atoms with E-state index in [-0.39, 0.29) is 21.0 Å². The van der Waals surface area contributed by atoms with E-state index in [1.54, 1.807) is 0 Å². The van der Waals surface area contributed by atoms with E-state index >= 15 is 0 Å². The zero-order chi connectivity index (χ0) is 14.4. The van der Waals surface area contributed by atoms with E-state index in [9.17, 15) is 13.2 Å². The predicted molar refractivity (Wildman–Crippen MR) is 73.3 cm³/mol. The van der Waals surface area contributed by atoms with Crippen LogP contribution in [0.4, 0.5) is 13.2 Å². The maximum atomic E-state index is 14.0. The van der Waals surface area contributed by atoms with Crippen LogP contribution in [0.1, 0.15) is 0 Å². The highest BCUT2D eigenvalue weighted by molar-refractivity contribution is 7.71. The Hall–Kier alpha value is -1.79. The third kappa shape index (κ3) is 2.01. The number of rotatable bonds is 1. The number of benzene rings is 2. The van der Waals surface area contributed by atoms with Crippen molar-refractivity contribution in [2.24, 2.45) is 0 Å². The molecule has 0 bridgehead atoms. The molecule has 2 aromatic carbocycles. The second-order valence-electron chi connectivity index (χ2n) is 4.15. The Morgan fingerprint density at radius 2 is 1.85 bits per heavy atom. The molecular formula is C13H6ClF3N2S. The molecule has 0 aliphatic carbocycles. The highest BCUT2D eigenvalue weighted by Crippen LogP contribution is 2.26. The molecule has 20 heavy (non-hydrogen) atoms. The molecule has 1 heterocycles. The molecule has 0 saturated heterocycles. The lowest BCUT2D eigenvalue weighted by Gasteiger charge is -2.06. The maximum absolute atomic E-state index is 14.0. The quantitative estimate of drug-likeness (QED) is 0.642. The van der Waals surface area contributed by atoms with Gasteiger partial charge in [-0.2, -0.15) is 0 Å². The number of imidazole rings is 1. The minimum absolute atomic E-state index is 0.0864. The topological polar surface area (TPSA) is 20.7 Å². The maximum Gasteiger partial charge on any atom is 0.184 e. The third-order valence-electron chi connectivity index (χ3n) is 2.84. The van der Waals surface area contributed by atoms with Gasteiger partial charge in [0.25, 0.3) is 0 Å². The van der Waals surface area contributed by atoms with Crippen molar-refractivity contribution >= 4 is 34.9 Å². The molecule has 0 radical (unpaired) electrons. The number of aromatic amines is 1. The van der Waals surface area contributed by atoms with Gasteiger partial charge >= 0.3 is 0 Å². The SMILES string of the molecule is Fc1cc(Cl)cc(-n2c(=S)[nH]c3ccc(F)c(F)c32)c1. The van der Waals surface area contributed by atoms with Crippen LogP contribution in [0.25, 0.3) is 16.7 Å². The van der Waals surface area contributed by atoms with Gasteiger partial charge in [0.2, 0.25) is 0 Å². The Morgan fingerprint density at radius 1 is 1.10 bits per heavy atom. The molecule has 0 aliphatic rings. The van der Waals surface area contributed by atoms with Crippen molar-refractivity contribution in [1.82, 2.24) is 9.55 Å². The molecule has 0 amide bonds. The Balaban J connectivity index is 2.44. The standard InChI is InChI=1S/C13H6ClF3N2S/c14-6-3-7(15)5-8(4-6)19-12-10(18-13(19)20)2-1-9(16)11(12)17/h1-5H,(H,18,20). The first-order valence-electron chi connectivity index (χ1n) is 5.52. The van der Waals surface area contributed by atoms with E-state index in [2.05, 4.69) is 4.98 Å². The Kier molecular flexibility index (Phi) is 3.07. The molecule has 1 aromatic heterocycles. The van der Waals surface area contributed by atoms with Crippen LogP contribution >= 0.6 is 23.8 Å². The number of aromatic nitrogens is 2. The van der Waals surface area contributed by atoms with Crippen molar-refractivity contribution in [2.75, 3.05) is 0 Å². The number of halogens is 4. The van der Waals surface area contributed by atoms with Crippen LogP contribution in [0.15, 0.2) is 30.3 Å². The lowest BCUT2D eigenvalue weighted by Crippen LogP contribution is -1.98. The summed E-state index contributed by atoms with van der Waals surface area (Å²) in [6.07, 6.45) is 0. The van der Waals surface area contributed by atoms with Crippen LogP contribution in [0.3, 0.4) is 0 Å². The molecule has 3 aromatic rings. The van der Waals surface area contributed by atoms with Gasteiger partial charge in [0.15, 0.2) is 16.4 Å². The second kappa shape index (κ2) is 4.64. The summed E-state index contributed by atoms with van der Waals surface area (Å²) in [5, 5.41) is 0.132. The van der Waals surface area contributed by atoms with E-state index in [1.165, 1.54) is 16.7 Å². The third-order valence-corrected chi connectivity index (χ3v) is 3.35. The zero-order valence-corrected chi connectivity index (χ0v) is 11.3. The fourth-order valence-electron chi connectivity index (χ4n) is 2.05. The van der Waals surface area contributed by atoms with Crippen LogP contribution < -0.4 is 0 Å². The monoisotopic (exact) mass is 314 g/mol. The van der Waals surface area contributed by atoms with Crippen molar-refractivity contribution < 1.29 is 13.2 Å². The van der Waals surface area contributed by atoms with Crippen molar-refractivity contribution in [2.45, 2.75) is 0 Å². The molecule has 7 heteroatoms. The van der Waals surface area contributed by atoms with E-state index in [0.717, 1.165) is 18.2 Å². The number of nitrogens with zero attached hydrogens (tertiary/aromatic N) is 1. The normalized spacial score (nSPS) is 11.2. The smallest absolute Gasteiger partial charge is 0.184 e. The van der Waals surface area contributed by atoms with Crippen molar-refractivity contribution in [3.63, 3.8) is 0 Å². The van der Waals surface area contributed by atoms with E-state index in [4.69, 9.17) is 23.8 Å². The van der Waals surface area contributed by atoms with Crippen LogP contribution in [0.5, 0.6) is 0 Å². The minimum Gasteiger partial charge on any atom is -0.330 e. The first-order valence-corrected chi connectivity index (χ1v) is 6.31. The molecule has 0 atom stereocenters. The highest BCUT2D eigenvalue weighted by atomic mass is 35.5. The Morgan fingerprint density at radius 3 is 2.55 bits per heavy atom. The van der Waals surface area contributed by atoms with Gasteiger partial charge in [-0.15, -0.1) is 0 Å². The first-order chi connectivity index (χ1) is 9.47. The lowest BCUT2D eigenvalue weighted by molar-refractivity contribution is 0.514. The Labute approximate surface area is 121 Å². The summed E-state index contributed by atoms with van der Waals surface area (Å²) in [6.45, 7) is 0. The second-order valence-corrected chi connectivity index (χ2v) is 4.97. The summed E-state index contributed by atoms with van der Waals surface area (Å²) in [5.41, 5.74) is 0.446. The van der Waals surface area contributed by atoms with Gasteiger partial charge in [-0.05, 0) is 42.5 Å². The summed E-state index contributed by atoms with van der Waals surface area (Å²) in [4.78, 5) is 2.74. The van der Waals surface area contributed by atoms with Gasteiger partial charge in [-0.1, -0.05) is 11.6 Å². The first kappa shape index (κ1) is 13.2. The summed E-state index contributed by atoms with van der Waals surface area (Å²) >= 11 is 10.9. The van der Waals surface area contributed by atoms with Gasteiger partial charge in [-0.25, -0.2) is 13.2 Å². The van der Waals surface area contributed by atoms with E-state index < -0.39 is 17.5 Å². The van der Waals surface area contributed by atoms with Crippen LogP contribution in [-0.4, -0.2) is 9.55 Å². The lowest BCUT2D eigenvalue weighted by atomic mass is 10.2. The van der Waals surface area contributed by atoms with Gasteiger partial charge in [-0.3, -0.25) is 4.57 Å². The number of hydrogen-bond donors (Lipinski definition) is 1. The van der Waals surface area contributed by atoms with Gasteiger partial charge in [0, 0.05) is 5.02 Å². The summed E-state index contributed by atoms with van der Waals surface area (Å²) in [7, 11) is 0. The van der Waals surface area contributed by atoms with Crippen LogP contribution in [0, 0.1) is 22.2 Å². The molecule has 0 unspecified atom stereocenters. The summed E-state index contributed by atoms with van der Waals surface area (Å²) in [5.74, 6) is -2.67. The van der Waals surface area contributed by atoms with Crippen molar-refractivity contribution in [3.05, 3.63) is 57.6 Å². The van der Waals surface area contributed by atoms with Crippen LogP contribution in [-0.2, 0) is 0 Å². The molecule has 2 nitrogen and oxygen atoms in total. The molecule has 0 aliphatic heterocycles. The van der Waals surface area contributed by atoms with Crippen LogP contribution in [0.2, 0.25) is 5.02 Å². The highest BCUT2D eigenvalue weighted by Gasteiger charge is 2.15. The molecule has 0 saturated carbocycles. The summed E-state index contributed by atoms with van der Waals surface area (Å²) < 4.78 is 42.1. The molecule has 3 rings (SSSR count). The average Bonchev–Trinajstić information content (AvgIpc) is 2.70. The van der Waals surface area contributed by atoms with E-state index in [0.29, 0.717) is 5.52 Å². The van der Waals surface area contributed by atoms with Gasteiger partial charge < -0.3 is 4.98 Å². The Bertz CT molecular complexity index is 865. The molecule has 1 N–H and O–H groups in total. The average molecular weight is 315 g/mol. The number of hydrogen-bond acceptors (Lipinski definition) is 1. The van der Waals surface area contributed by atoms with Gasteiger partial charge in [0.1, 0.15) is 11.3 Å². The molecular weight excluding hydrogens is 309 g/mol. The van der Waals surface area contributed by atoms with Crippen molar-refractivity contribution in [3.8, 4) is 5.69 Å². The number of nitrogens with one attached hydrogen (secondary N) is 1. The van der Waals surface area contributed by atoms with E-state index in [1.807, 2.05) is 0 Å². The number of fused-ring (bicyclic) bond motifs is 1.